The molecule has 0 aliphatic carbocycles. The second kappa shape index (κ2) is 7.30. The third-order valence-electron chi connectivity index (χ3n) is 3.13. The summed E-state index contributed by atoms with van der Waals surface area (Å²) in [5.74, 6) is 0.954. The summed E-state index contributed by atoms with van der Waals surface area (Å²) in [7, 11) is 3.80. The molecular weight excluding hydrogens is 214 g/mol. The second-order valence-electron chi connectivity index (χ2n) is 4.42. The Hall–Kier alpha value is -1.06. The lowest BCUT2D eigenvalue weighted by Gasteiger charge is -2.25. The van der Waals surface area contributed by atoms with Crippen LogP contribution in [0.25, 0.3) is 0 Å². The predicted molar refractivity (Wildman–Crippen MR) is 70.5 cm³/mol. The number of hydrogen-bond donors (Lipinski definition) is 1. The molecule has 0 aliphatic heterocycles. The minimum atomic E-state index is 0.256. The maximum Gasteiger partial charge on any atom is 0.122 e. The highest BCUT2D eigenvalue weighted by Crippen LogP contribution is 2.20. The molecule has 0 fully saturated rings. The summed E-state index contributed by atoms with van der Waals surface area (Å²) in [5.41, 5.74) is 1.23. The van der Waals surface area contributed by atoms with Crippen LogP contribution in [0.2, 0.25) is 0 Å². The van der Waals surface area contributed by atoms with E-state index in [2.05, 4.69) is 24.9 Å². The summed E-state index contributed by atoms with van der Waals surface area (Å²) in [6.45, 7) is 3.38. The van der Waals surface area contributed by atoms with E-state index in [9.17, 15) is 0 Å². The number of ether oxygens (including phenoxy) is 1. The molecule has 1 aromatic rings. The summed E-state index contributed by atoms with van der Waals surface area (Å²) in [6.07, 6.45) is 1.79. The first-order valence-electron chi connectivity index (χ1n) is 6.12. The Labute approximate surface area is 104 Å². The van der Waals surface area contributed by atoms with Crippen molar-refractivity contribution in [3.63, 3.8) is 0 Å². The molecule has 1 N–H and O–H groups in total. The number of nitrogens with zero attached hydrogens (tertiary/aromatic N) is 1. The Balaban J connectivity index is 2.57. The lowest BCUT2D eigenvalue weighted by Crippen LogP contribution is -2.32. The van der Waals surface area contributed by atoms with Crippen LogP contribution in [0.1, 0.15) is 18.9 Å². The largest absolute Gasteiger partial charge is 0.496 e. The SMILES string of the molecule is COc1ccccc1CC(C)N(C)CCCO. The van der Waals surface area contributed by atoms with Gasteiger partial charge in [-0.3, -0.25) is 0 Å². The quantitative estimate of drug-likeness (QED) is 0.786. The number of para-hydroxylation sites is 1. The van der Waals surface area contributed by atoms with Gasteiger partial charge >= 0.3 is 0 Å². The molecule has 0 saturated carbocycles. The highest BCUT2D eigenvalue weighted by molar-refractivity contribution is 5.33. The van der Waals surface area contributed by atoms with Crippen molar-refractivity contribution in [2.24, 2.45) is 0 Å². The zero-order valence-electron chi connectivity index (χ0n) is 11.0. The predicted octanol–water partition coefficient (Wildman–Crippen LogP) is 1.94. The van der Waals surface area contributed by atoms with E-state index < -0.39 is 0 Å². The summed E-state index contributed by atoms with van der Waals surface area (Å²) < 4.78 is 5.35. The molecule has 1 atom stereocenters. The van der Waals surface area contributed by atoms with Gasteiger partial charge in [0, 0.05) is 19.2 Å². The molecule has 0 bridgehead atoms. The van der Waals surface area contributed by atoms with Gasteiger partial charge in [-0.25, -0.2) is 0 Å². The average molecular weight is 237 g/mol. The van der Waals surface area contributed by atoms with Crippen molar-refractivity contribution in [1.29, 1.82) is 0 Å². The van der Waals surface area contributed by atoms with Crippen LogP contribution in [0.15, 0.2) is 24.3 Å². The summed E-state index contributed by atoms with van der Waals surface area (Å²) >= 11 is 0. The van der Waals surface area contributed by atoms with Crippen molar-refractivity contribution in [1.82, 2.24) is 4.90 Å². The first kappa shape index (κ1) is 14.0. The van der Waals surface area contributed by atoms with Crippen LogP contribution in [0.3, 0.4) is 0 Å². The molecule has 3 nitrogen and oxygen atoms in total. The molecule has 1 aromatic carbocycles. The van der Waals surface area contributed by atoms with Gasteiger partial charge in [0.1, 0.15) is 5.75 Å². The van der Waals surface area contributed by atoms with Gasteiger partial charge in [0.2, 0.25) is 0 Å². The summed E-state index contributed by atoms with van der Waals surface area (Å²) in [4.78, 5) is 2.27. The van der Waals surface area contributed by atoms with Crippen molar-refractivity contribution in [3.8, 4) is 5.75 Å². The van der Waals surface area contributed by atoms with E-state index in [4.69, 9.17) is 9.84 Å². The van der Waals surface area contributed by atoms with Crippen molar-refractivity contribution in [2.45, 2.75) is 25.8 Å². The summed E-state index contributed by atoms with van der Waals surface area (Å²) in [5, 5.41) is 8.82. The maximum atomic E-state index is 8.82. The second-order valence-corrected chi connectivity index (χ2v) is 4.42. The van der Waals surface area contributed by atoms with Gasteiger partial charge in [0.15, 0.2) is 0 Å². The molecule has 0 saturated heterocycles. The van der Waals surface area contributed by atoms with Crippen LogP contribution < -0.4 is 4.74 Å². The van der Waals surface area contributed by atoms with E-state index in [0.29, 0.717) is 6.04 Å². The number of rotatable bonds is 7. The van der Waals surface area contributed by atoms with Crippen LogP contribution in [0.5, 0.6) is 5.75 Å². The van der Waals surface area contributed by atoms with E-state index >= 15 is 0 Å². The highest BCUT2D eigenvalue weighted by Gasteiger charge is 2.11. The average Bonchev–Trinajstić information content (AvgIpc) is 2.36. The zero-order chi connectivity index (χ0) is 12.7. The van der Waals surface area contributed by atoms with E-state index in [-0.39, 0.29) is 6.61 Å². The fraction of sp³-hybridized carbons (Fsp3) is 0.571. The first-order valence-corrected chi connectivity index (χ1v) is 6.12. The maximum absolute atomic E-state index is 8.82. The number of aliphatic hydroxyl groups is 1. The molecule has 1 unspecified atom stereocenters. The minimum absolute atomic E-state index is 0.256. The fourth-order valence-electron chi connectivity index (χ4n) is 1.89. The molecule has 96 valence electrons. The monoisotopic (exact) mass is 237 g/mol. The Morgan fingerprint density at radius 1 is 1.35 bits per heavy atom. The van der Waals surface area contributed by atoms with Crippen LogP contribution in [-0.4, -0.2) is 43.4 Å². The normalized spacial score (nSPS) is 12.8. The van der Waals surface area contributed by atoms with Gasteiger partial charge in [0.25, 0.3) is 0 Å². The van der Waals surface area contributed by atoms with Gasteiger partial charge in [-0.1, -0.05) is 18.2 Å². The number of benzene rings is 1. The van der Waals surface area contributed by atoms with Gasteiger partial charge < -0.3 is 14.7 Å². The van der Waals surface area contributed by atoms with Crippen molar-refractivity contribution in [2.75, 3.05) is 27.3 Å². The molecule has 0 amide bonds. The van der Waals surface area contributed by atoms with Crippen molar-refractivity contribution >= 4 is 0 Å². The Morgan fingerprint density at radius 3 is 2.71 bits per heavy atom. The highest BCUT2D eigenvalue weighted by atomic mass is 16.5. The lowest BCUT2D eigenvalue weighted by molar-refractivity contribution is 0.214. The van der Waals surface area contributed by atoms with E-state index in [0.717, 1.165) is 25.1 Å². The van der Waals surface area contributed by atoms with Crippen molar-refractivity contribution < 1.29 is 9.84 Å². The van der Waals surface area contributed by atoms with Crippen LogP contribution in [0, 0.1) is 0 Å². The molecule has 0 spiro atoms. The van der Waals surface area contributed by atoms with E-state index in [1.807, 2.05) is 18.2 Å². The van der Waals surface area contributed by atoms with Crippen molar-refractivity contribution in [3.05, 3.63) is 29.8 Å². The number of methoxy groups -OCH3 is 1. The lowest BCUT2D eigenvalue weighted by atomic mass is 10.1. The van der Waals surface area contributed by atoms with E-state index in [1.165, 1.54) is 5.56 Å². The van der Waals surface area contributed by atoms with Crippen LogP contribution in [-0.2, 0) is 6.42 Å². The zero-order valence-corrected chi connectivity index (χ0v) is 11.0. The smallest absolute Gasteiger partial charge is 0.122 e. The van der Waals surface area contributed by atoms with Crippen LogP contribution in [0.4, 0.5) is 0 Å². The summed E-state index contributed by atoms with van der Waals surface area (Å²) in [6, 6.07) is 8.57. The third-order valence-corrected chi connectivity index (χ3v) is 3.13. The molecule has 0 aliphatic rings. The standard InChI is InChI=1S/C14H23NO2/c1-12(15(2)9-6-10-16)11-13-7-4-5-8-14(13)17-3/h4-5,7-8,12,16H,6,9-11H2,1-3H3. The Kier molecular flexibility index (Phi) is 6.01. The van der Waals surface area contributed by atoms with Gasteiger partial charge in [-0.05, 0) is 38.4 Å². The van der Waals surface area contributed by atoms with E-state index in [1.54, 1.807) is 7.11 Å². The molecule has 0 heterocycles. The van der Waals surface area contributed by atoms with Gasteiger partial charge in [0.05, 0.1) is 7.11 Å². The van der Waals surface area contributed by atoms with Crippen LogP contribution >= 0.6 is 0 Å². The molecule has 17 heavy (non-hydrogen) atoms. The third kappa shape index (κ3) is 4.36. The topological polar surface area (TPSA) is 32.7 Å². The number of aliphatic hydroxyl groups excluding tert-OH is 1. The van der Waals surface area contributed by atoms with Gasteiger partial charge in [-0.15, -0.1) is 0 Å². The molecule has 0 radical (unpaired) electrons. The first-order chi connectivity index (χ1) is 8.19. The molecular formula is C14H23NO2. The van der Waals surface area contributed by atoms with Gasteiger partial charge in [-0.2, -0.15) is 0 Å². The fourth-order valence-corrected chi connectivity index (χ4v) is 1.89. The Bertz CT molecular complexity index is 328. The number of likely N-dealkylation sites (N-methyl/N-ethyl adjacent to an activating group) is 1. The molecule has 0 aromatic heterocycles. The number of hydrogen-bond acceptors (Lipinski definition) is 3. The minimum Gasteiger partial charge on any atom is -0.496 e. The molecule has 3 heteroatoms. The molecule has 1 rings (SSSR count). The Morgan fingerprint density at radius 2 is 2.06 bits per heavy atom.